The van der Waals surface area contributed by atoms with Crippen molar-refractivity contribution in [2.24, 2.45) is 11.8 Å². The minimum Gasteiger partial charge on any atom is -0.482 e. The summed E-state index contributed by atoms with van der Waals surface area (Å²) in [5.41, 5.74) is 1.16. The second-order valence-electron chi connectivity index (χ2n) is 6.98. The lowest BCUT2D eigenvalue weighted by molar-refractivity contribution is -0.118. The van der Waals surface area contributed by atoms with Crippen molar-refractivity contribution in [2.45, 2.75) is 46.6 Å². The van der Waals surface area contributed by atoms with E-state index in [1.165, 1.54) is 0 Å². The van der Waals surface area contributed by atoms with Gasteiger partial charge >= 0.3 is 0 Å². The lowest BCUT2D eigenvalue weighted by Gasteiger charge is -2.23. The molecular formula is C18H26N2O3. The molecule has 1 aliphatic rings. The molecule has 23 heavy (non-hydrogen) atoms. The molecule has 0 saturated carbocycles. The highest BCUT2D eigenvalue weighted by Crippen LogP contribution is 2.28. The molecule has 2 N–H and O–H groups in total. The fraction of sp³-hybridized carbons (Fsp3) is 0.556. The van der Waals surface area contributed by atoms with Crippen LogP contribution in [0, 0.1) is 11.8 Å². The Balaban J connectivity index is 2.08. The molecule has 0 fully saturated rings. The van der Waals surface area contributed by atoms with Crippen LogP contribution in [0.5, 0.6) is 5.75 Å². The second-order valence-corrected chi connectivity index (χ2v) is 6.98. The molecule has 1 aromatic carbocycles. The van der Waals surface area contributed by atoms with Gasteiger partial charge in [-0.15, -0.1) is 0 Å². The van der Waals surface area contributed by atoms with Gasteiger partial charge in [-0.2, -0.15) is 0 Å². The second kappa shape index (κ2) is 7.49. The molecule has 0 saturated heterocycles. The first-order valence-electron chi connectivity index (χ1n) is 8.22. The Morgan fingerprint density at radius 3 is 2.48 bits per heavy atom. The average molecular weight is 318 g/mol. The van der Waals surface area contributed by atoms with Gasteiger partial charge < -0.3 is 15.4 Å². The predicted octanol–water partition coefficient (Wildman–Crippen LogP) is 3.21. The molecule has 0 aromatic heterocycles. The zero-order valence-corrected chi connectivity index (χ0v) is 14.3. The molecule has 0 spiro atoms. The summed E-state index contributed by atoms with van der Waals surface area (Å²) in [6.45, 7) is 8.63. The van der Waals surface area contributed by atoms with E-state index in [1.807, 2.05) is 0 Å². The van der Waals surface area contributed by atoms with Crippen LogP contribution in [0.4, 0.5) is 5.69 Å². The lowest BCUT2D eigenvalue weighted by Crippen LogP contribution is -2.37. The molecule has 0 aliphatic carbocycles. The summed E-state index contributed by atoms with van der Waals surface area (Å²) < 4.78 is 5.37. The van der Waals surface area contributed by atoms with Crippen molar-refractivity contribution in [2.75, 3.05) is 11.9 Å². The van der Waals surface area contributed by atoms with Gasteiger partial charge in [-0.1, -0.05) is 27.7 Å². The molecule has 1 aliphatic heterocycles. The van der Waals surface area contributed by atoms with Crippen LogP contribution in [0.25, 0.3) is 0 Å². The Labute approximate surface area is 137 Å². The predicted molar refractivity (Wildman–Crippen MR) is 90.7 cm³/mol. The summed E-state index contributed by atoms with van der Waals surface area (Å²) in [4.78, 5) is 23.8. The van der Waals surface area contributed by atoms with Gasteiger partial charge in [0.15, 0.2) is 6.61 Å². The Hall–Kier alpha value is -2.04. The standard InChI is InChI=1S/C18H26N2O3/c1-11(2)7-14(8-12(3)4)19-18(22)13-5-6-15-16(9-13)23-10-17(21)20-15/h5-6,9,11-12,14H,7-8,10H2,1-4H3,(H,19,22)(H,20,21). The fourth-order valence-electron chi connectivity index (χ4n) is 2.84. The van der Waals surface area contributed by atoms with E-state index in [1.54, 1.807) is 18.2 Å². The van der Waals surface area contributed by atoms with Crippen LogP contribution in [-0.2, 0) is 4.79 Å². The minimum atomic E-state index is -0.177. The Morgan fingerprint density at radius 2 is 1.87 bits per heavy atom. The first-order valence-corrected chi connectivity index (χ1v) is 8.22. The largest absolute Gasteiger partial charge is 0.482 e. The highest BCUT2D eigenvalue weighted by molar-refractivity contribution is 5.99. The number of anilines is 1. The summed E-state index contributed by atoms with van der Waals surface area (Å²) in [5, 5.41) is 5.85. The third-order valence-electron chi connectivity index (χ3n) is 3.72. The van der Waals surface area contributed by atoms with Gasteiger partial charge in [0.25, 0.3) is 11.8 Å². The van der Waals surface area contributed by atoms with Gasteiger partial charge in [0, 0.05) is 11.6 Å². The van der Waals surface area contributed by atoms with Crippen molar-refractivity contribution in [1.82, 2.24) is 5.32 Å². The van der Waals surface area contributed by atoms with Gasteiger partial charge in [-0.3, -0.25) is 9.59 Å². The minimum absolute atomic E-state index is 0.0125. The van der Waals surface area contributed by atoms with Crippen LogP contribution in [0.2, 0.25) is 0 Å². The third kappa shape index (κ3) is 4.98. The molecule has 2 rings (SSSR count). The van der Waals surface area contributed by atoms with Gasteiger partial charge in [0.2, 0.25) is 0 Å². The van der Waals surface area contributed by atoms with Crippen molar-refractivity contribution >= 4 is 17.5 Å². The van der Waals surface area contributed by atoms with Crippen molar-refractivity contribution < 1.29 is 14.3 Å². The summed E-state index contributed by atoms with van der Waals surface area (Å²) in [5.74, 6) is 1.33. The van der Waals surface area contributed by atoms with E-state index in [-0.39, 0.29) is 24.5 Å². The molecule has 0 unspecified atom stereocenters. The number of nitrogens with one attached hydrogen (secondary N) is 2. The number of rotatable bonds is 6. The molecule has 0 radical (unpaired) electrons. The Kier molecular flexibility index (Phi) is 5.64. The quantitative estimate of drug-likeness (QED) is 0.846. The number of carbonyl (C=O) groups excluding carboxylic acids is 2. The monoisotopic (exact) mass is 318 g/mol. The molecule has 5 nitrogen and oxygen atoms in total. The fourth-order valence-corrected chi connectivity index (χ4v) is 2.84. The van der Waals surface area contributed by atoms with Gasteiger partial charge in [0.05, 0.1) is 5.69 Å². The molecule has 2 amide bonds. The van der Waals surface area contributed by atoms with Crippen molar-refractivity contribution in [3.63, 3.8) is 0 Å². The topological polar surface area (TPSA) is 67.4 Å². The zero-order valence-electron chi connectivity index (χ0n) is 14.3. The van der Waals surface area contributed by atoms with Crippen LogP contribution >= 0.6 is 0 Å². The molecule has 5 heteroatoms. The van der Waals surface area contributed by atoms with Crippen LogP contribution in [0.15, 0.2) is 18.2 Å². The van der Waals surface area contributed by atoms with Crippen molar-refractivity contribution in [1.29, 1.82) is 0 Å². The molecule has 1 heterocycles. The van der Waals surface area contributed by atoms with E-state index >= 15 is 0 Å². The molecule has 0 atom stereocenters. The number of hydrogen-bond donors (Lipinski definition) is 2. The first kappa shape index (κ1) is 17.3. The SMILES string of the molecule is CC(C)CC(CC(C)C)NC(=O)c1ccc2c(c1)OCC(=O)N2. The molecule has 126 valence electrons. The van der Waals surface area contributed by atoms with E-state index in [0.29, 0.717) is 28.8 Å². The number of carbonyl (C=O) groups is 2. The number of ether oxygens (including phenoxy) is 1. The molecule has 0 bridgehead atoms. The maximum absolute atomic E-state index is 12.5. The van der Waals surface area contributed by atoms with E-state index in [4.69, 9.17) is 4.74 Å². The van der Waals surface area contributed by atoms with Gasteiger partial charge in [-0.25, -0.2) is 0 Å². The summed E-state index contributed by atoms with van der Waals surface area (Å²) in [6, 6.07) is 5.28. The summed E-state index contributed by atoms with van der Waals surface area (Å²) in [6.07, 6.45) is 1.92. The normalized spacial score (nSPS) is 13.8. The van der Waals surface area contributed by atoms with E-state index < -0.39 is 0 Å². The van der Waals surface area contributed by atoms with E-state index in [9.17, 15) is 9.59 Å². The smallest absolute Gasteiger partial charge is 0.262 e. The van der Waals surface area contributed by atoms with Crippen LogP contribution < -0.4 is 15.4 Å². The van der Waals surface area contributed by atoms with E-state index in [0.717, 1.165) is 12.8 Å². The number of hydrogen-bond acceptors (Lipinski definition) is 3. The zero-order chi connectivity index (χ0) is 17.0. The van der Waals surface area contributed by atoms with Gasteiger partial charge in [-0.05, 0) is 42.9 Å². The molecular weight excluding hydrogens is 292 g/mol. The highest BCUT2D eigenvalue weighted by Gasteiger charge is 2.20. The van der Waals surface area contributed by atoms with E-state index in [2.05, 4.69) is 38.3 Å². The lowest BCUT2D eigenvalue weighted by atomic mass is 9.95. The third-order valence-corrected chi connectivity index (χ3v) is 3.72. The van der Waals surface area contributed by atoms with Gasteiger partial charge in [0.1, 0.15) is 5.75 Å². The Morgan fingerprint density at radius 1 is 1.22 bits per heavy atom. The number of amides is 2. The summed E-state index contributed by atoms with van der Waals surface area (Å²) >= 11 is 0. The van der Waals surface area contributed by atoms with Crippen LogP contribution in [0.3, 0.4) is 0 Å². The van der Waals surface area contributed by atoms with Crippen LogP contribution in [-0.4, -0.2) is 24.5 Å². The van der Waals surface area contributed by atoms with Crippen molar-refractivity contribution in [3.05, 3.63) is 23.8 Å². The van der Waals surface area contributed by atoms with Crippen LogP contribution in [0.1, 0.15) is 50.9 Å². The Bertz CT molecular complexity index is 572. The maximum Gasteiger partial charge on any atom is 0.262 e. The maximum atomic E-state index is 12.5. The highest BCUT2D eigenvalue weighted by atomic mass is 16.5. The first-order chi connectivity index (χ1) is 10.8. The number of fused-ring (bicyclic) bond motifs is 1. The molecule has 1 aromatic rings. The number of benzene rings is 1. The summed E-state index contributed by atoms with van der Waals surface area (Å²) in [7, 11) is 0. The average Bonchev–Trinajstić information content (AvgIpc) is 2.45. The van der Waals surface area contributed by atoms with Crippen molar-refractivity contribution in [3.8, 4) is 5.75 Å².